The third-order valence-electron chi connectivity index (χ3n) is 4.61. The first-order chi connectivity index (χ1) is 11.8. The molecule has 3 heterocycles. The van der Waals surface area contributed by atoms with E-state index in [4.69, 9.17) is 5.26 Å². The summed E-state index contributed by atoms with van der Waals surface area (Å²) < 4.78 is 2.04. The zero-order valence-corrected chi connectivity index (χ0v) is 13.1. The van der Waals surface area contributed by atoms with Crippen LogP contribution in [0.4, 0.5) is 0 Å². The predicted molar refractivity (Wildman–Crippen MR) is 86.0 cm³/mol. The Bertz CT molecular complexity index is 935. The lowest BCUT2D eigenvalue weighted by Crippen LogP contribution is -2.38. The Morgan fingerprint density at radius 1 is 1.46 bits per heavy atom. The lowest BCUT2D eigenvalue weighted by molar-refractivity contribution is -0.121. The van der Waals surface area contributed by atoms with E-state index < -0.39 is 0 Å². The molecule has 3 aromatic rings. The van der Waals surface area contributed by atoms with Crippen molar-refractivity contribution in [3.05, 3.63) is 24.3 Å². The molecule has 1 saturated carbocycles. The molecule has 0 radical (unpaired) electrons. The summed E-state index contributed by atoms with van der Waals surface area (Å²) in [5, 5.41) is 20.2. The molecule has 1 aliphatic rings. The van der Waals surface area contributed by atoms with Crippen LogP contribution in [0.1, 0.15) is 43.8 Å². The summed E-state index contributed by atoms with van der Waals surface area (Å²) in [6.45, 7) is 0. The zero-order chi connectivity index (χ0) is 16.5. The van der Waals surface area contributed by atoms with Crippen LogP contribution in [0, 0.1) is 11.3 Å². The monoisotopic (exact) mass is 323 g/mol. The van der Waals surface area contributed by atoms with Crippen molar-refractivity contribution in [1.82, 2.24) is 29.9 Å². The Kier molecular flexibility index (Phi) is 3.61. The standard InChI is InChI=1S/C16H17N7O/c17-6-4-14(24)20-11-3-1-2-10(8-11)16-22-21-13-9-19-15-12(23(13)16)5-7-18-15/h5,7,9-11,18H,1-4,8H2,(H,20,24)/t10-,11+/m1/s1. The van der Waals surface area contributed by atoms with Gasteiger partial charge >= 0.3 is 0 Å². The molecule has 8 heteroatoms. The van der Waals surface area contributed by atoms with E-state index in [1.807, 2.05) is 22.7 Å². The molecule has 1 amide bonds. The highest BCUT2D eigenvalue weighted by atomic mass is 16.1. The summed E-state index contributed by atoms with van der Waals surface area (Å²) in [5.41, 5.74) is 2.49. The van der Waals surface area contributed by atoms with Gasteiger partial charge in [0.25, 0.3) is 0 Å². The molecule has 1 aliphatic carbocycles. The largest absolute Gasteiger partial charge is 0.352 e. The van der Waals surface area contributed by atoms with Gasteiger partial charge in [-0.1, -0.05) is 6.42 Å². The summed E-state index contributed by atoms with van der Waals surface area (Å²) in [5.74, 6) is 0.935. The highest BCUT2D eigenvalue weighted by Crippen LogP contribution is 2.33. The van der Waals surface area contributed by atoms with E-state index in [1.165, 1.54) is 0 Å². The molecule has 0 unspecified atom stereocenters. The minimum atomic E-state index is -0.202. The number of hydrogen-bond acceptors (Lipinski definition) is 5. The molecule has 122 valence electrons. The average Bonchev–Trinajstić information content (AvgIpc) is 3.21. The summed E-state index contributed by atoms with van der Waals surface area (Å²) in [6, 6.07) is 3.94. The number of carbonyl (C=O) groups is 1. The van der Waals surface area contributed by atoms with Crippen molar-refractivity contribution in [2.75, 3.05) is 0 Å². The van der Waals surface area contributed by atoms with Gasteiger partial charge in [0.15, 0.2) is 11.3 Å². The first kappa shape index (κ1) is 14.6. The third kappa shape index (κ3) is 2.48. The maximum absolute atomic E-state index is 11.7. The number of aromatic amines is 1. The maximum atomic E-state index is 11.7. The van der Waals surface area contributed by atoms with Gasteiger partial charge in [0, 0.05) is 18.2 Å². The second-order valence-electron chi connectivity index (χ2n) is 6.18. The fourth-order valence-corrected chi connectivity index (χ4v) is 3.57. The fraction of sp³-hybridized carbons (Fsp3) is 0.438. The molecule has 4 rings (SSSR count). The molecule has 0 aliphatic heterocycles. The van der Waals surface area contributed by atoms with Gasteiger partial charge in [0.05, 0.1) is 17.8 Å². The molecule has 8 nitrogen and oxygen atoms in total. The van der Waals surface area contributed by atoms with Crippen molar-refractivity contribution in [3.63, 3.8) is 0 Å². The number of nitrogens with one attached hydrogen (secondary N) is 2. The smallest absolute Gasteiger partial charge is 0.234 e. The SMILES string of the molecule is N#CCC(=O)N[C@H]1CCC[C@@H](c2nnc3cnc4[nH]ccc4n23)C1. The van der Waals surface area contributed by atoms with Crippen molar-refractivity contribution < 1.29 is 4.79 Å². The van der Waals surface area contributed by atoms with Gasteiger partial charge in [-0.05, 0) is 25.3 Å². The van der Waals surface area contributed by atoms with Crippen LogP contribution in [0.25, 0.3) is 16.8 Å². The number of nitriles is 1. The number of nitrogens with zero attached hydrogens (tertiary/aromatic N) is 5. The van der Waals surface area contributed by atoms with Crippen LogP contribution >= 0.6 is 0 Å². The molecule has 24 heavy (non-hydrogen) atoms. The topological polar surface area (TPSA) is 112 Å². The minimum Gasteiger partial charge on any atom is -0.352 e. The molecular formula is C16H17N7O. The lowest BCUT2D eigenvalue weighted by atomic mass is 9.85. The number of hydrogen-bond donors (Lipinski definition) is 2. The van der Waals surface area contributed by atoms with Crippen molar-refractivity contribution in [1.29, 1.82) is 5.26 Å². The summed E-state index contributed by atoms with van der Waals surface area (Å²) in [4.78, 5) is 19.1. The molecule has 0 bridgehead atoms. The van der Waals surface area contributed by atoms with Crippen molar-refractivity contribution in [2.45, 2.75) is 44.1 Å². The van der Waals surface area contributed by atoms with Crippen LogP contribution in [0.3, 0.4) is 0 Å². The van der Waals surface area contributed by atoms with Gasteiger partial charge in [0.1, 0.15) is 12.2 Å². The summed E-state index contributed by atoms with van der Waals surface area (Å²) >= 11 is 0. The highest BCUT2D eigenvalue weighted by Gasteiger charge is 2.28. The summed E-state index contributed by atoms with van der Waals surface area (Å²) in [7, 11) is 0. The van der Waals surface area contributed by atoms with Crippen LogP contribution in [0.2, 0.25) is 0 Å². The molecule has 0 saturated heterocycles. The lowest BCUT2D eigenvalue weighted by Gasteiger charge is -2.28. The molecule has 2 N–H and O–H groups in total. The fourth-order valence-electron chi connectivity index (χ4n) is 3.57. The second-order valence-corrected chi connectivity index (χ2v) is 6.18. The normalized spacial score (nSPS) is 21.0. The Morgan fingerprint density at radius 2 is 2.38 bits per heavy atom. The molecule has 0 aromatic carbocycles. The molecular weight excluding hydrogens is 306 g/mol. The third-order valence-corrected chi connectivity index (χ3v) is 4.61. The van der Waals surface area contributed by atoms with E-state index in [0.29, 0.717) is 0 Å². The van der Waals surface area contributed by atoms with E-state index >= 15 is 0 Å². The van der Waals surface area contributed by atoms with E-state index in [0.717, 1.165) is 48.3 Å². The number of carbonyl (C=O) groups excluding carboxylic acids is 1. The number of fused-ring (bicyclic) bond motifs is 3. The Balaban J connectivity index is 1.64. The predicted octanol–water partition coefficient (Wildman–Crippen LogP) is 1.66. The first-order valence-electron chi connectivity index (χ1n) is 8.09. The van der Waals surface area contributed by atoms with Gasteiger partial charge in [-0.2, -0.15) is 5.26 Å². The molecule has 3 aromatic heterocycles. The average molecular weight is 323 g/mol. The number of amides is 1. The van der Waals surface area contributed by atoms with Gasteiger partial charge in [-0.25, -0.2) is 4.98 Å². The van der Waals surface area contributed by atoms with Gasteiger partial charge in [-0.15, -0.1) is 10.2 Å². The van der Waals surface area contributed by atoms with Crippen molar-refractivity contribution >= 4 is 22.7 Å². The van der Waals surface area contributed by atoms with Gasteiger partial charge in [0.2, 0.25) is 5.91 Å². The minimum absolute atomic E-state index is 0.0838. The van der Waals surface area contributed by atoms with Crippen LogP contribution in [0.5, 0.6) is 0 Å². The van der Waals surface area contributed by atoms with E-state index in [2.05, 4.69) is 25.5 Å². The summed E-state index contributed by atoms with van der Waals surface area (Å²) in [6.07, 6.45) is 7.25. The molecule has 0 spiro atoms. The Morgan fingerprint density at radius 3 is 3.25 bits per heavy atom. The Hall–Kier alpha value is -2.95. The van der Waals surface area contributed by atoms with E-state index in [-0.39, 0.29) is 24.3 Å². The van der Waals surface area contributed by atoms with Gasteiger partial charge < -0.3 is 10.3 Å². The second kappa shape index (κ2) is 5.92. The zero-order valence-electron chi connectivity index (χ0n) is 13.1. The van der Waals surface area contributed by atoms with Crippen LogP contribution in [0.15, 0.2) is 18.5 Å². The van der Waals surface area contributed by atoms with Crippen LogP contribution < -0.4 is 5.32 Å². The molecule has 2 atom stereocenters. The van der Waals surface area contributed by atoms with Gasteiger partial charge in [-0.3, -0.25) is 9.20 Å². The van der Waals surface area contributed by atoms with E-state index in [1.54, 1.807) is 6.20 Å². The van der Waals surface area contributed by atoms with E-state index in [9.17, 15) is 4.79 Å². The quantitative estimate of drug-likeness (QED) is 0.761. The number of rotatable bonds is 3. The number of aromatic nitrogens is 5. The maximum Gasteiger partial charge on any atom is 0.234 e. The Labute approximate surface area is 137 Å². The van der Waals surface area contributed by atoms with Crippen molar-refractivity contribution in [3.8, 4) is 6.07 Å². The van der Waals surface area contributed by atoms with Crippen LogP contribution in [-0.4, -0.2) is 36.5 Å². The van der Waals surface area contributed by atoms with Crippen LogP contribution in [-0.2, 0) is 4.79 Å². The highest BCUT2D eigenvalue weighted by molar-refractivity contribution is 5.78. The molecule has 1 fully saturated rings. The first-order valence-corrected chi connectivity index (χ1v) is 8.09. The van der Waals surface area contributed by atoms with Crippen molar-refractivity contribution in [2.24, 2.45) is 0 Å². The number of H-pyrrole nitrogens is 1.